The predicted octanol–water partition coefficient (Wildman–Crippen LogP) is 0.0352. The first-order valence-corrected chi connectivity index (χ1v) is 7.32. The second-order valence-electron chi connectivity index (χ2n) is 5.75. The Morgan fingerprint density at radius 2 is 2.04 bits per heavy atom. The smallest absolute Gasteiger partial charge is 0.325 e. The van der Waals surface area contributed by atoms with Crippen LogP contribution >= 0.6 is 0 Å². The van der Waals surface area contributed by atoms with Gasteiger partial charge in [-0.15, -0.1) is 0 Å². The Labute approximate surface area is 130 Å². The number of rotatable bonds is 3. The van der Waals surface area contributed by atoms with E-state index in [1.807, 2.05) is 0 Å². The molecule has 0 aromatic carbocycles. The third kappa shape index (κ3) is 2.18. The van der Waals surface area contributed by atoms with Crippen molar-refractivity contribution in [2.75, 3.05) is 0 Å². The molecule has 2 aromatic heterocycles. The summed E-state index contributed by atoms with van der Waals surface area (Å²) < 4.78 is 2.90. The highest BCUT2D eigenvalue weighted by molar-refractivity contribution is 6.00. The van der Waals surface area contributed by atoms with Crippen LogP contribution in [-0.2, 0) is 24.7 Å². The molecule has 0 aliphatic heterocycles. The fourth-order valence-corrected chi connectivity index (χ4v) is 3.05. The average Bonchev–Trinajstić information content (AvgIpc) is 3.05. The summed E-state index contributed by atoms with van der Waals surface area (Å²) in [6.07, 6.45) is 2.65. The minimum Gasteiger partial charge on any atom is -0.505 e. The summed E-state index contributed by atoms with van der Waals surface area (Å²) in [5.41, 5.74) is 1.28. The molecule has 122 valence electrons. The molecule has 1 aliphatic carbocycles. The standard InChI is InChI=1S/C15H17N3O5/c1-7(15(22)23)16-13(20)11-12(19)10-6-8-4-3-5-9(8)18(10)17(2)14(11)21/h6-7,19H,3-5H2,1-2H3,(H,16,20)(H,22,23)/t7-/m0/s1. The van der Waals surface area contributed by atoms with E-state index in [-0.39, 0.29) is 0 Å². The molecule has 0 bridgehead atoms. The minimum atomic E-state index is -1.22. The minimum absolute atomic E-state index is 0.380. The number of carboxylic acids is 1. The summed E-state index contributed by atoms with van der Waals surface area (Å²) in [6, 6.07) is 0.605. The fourth-order valence-electron chi connectivity index (χ4n) is 3.05. The van der Waals surface area contributed by atoms with E-state index in [1.54, 1.807) is 10.6 Å². The summed E-state index contributed by atoms with van der Waals surface area (Å²) in [5, 5.41) is 21.4. The molecule has 3 rings (SSSR count). The van der Waals surface area contributed by atoms with Crippen molar-refractivity contribution in [1.82, 2.24) is 14.5 Å². The summed E-state index contributed by atoms with van der Waals surface area (Å²) >= 11 is 0. The van der Waals surface area contributed by atoms with Crippen LogP contribution in [0.3, 0.4) is 0 Å². The molecule has 0 unspecified atom stereocenters. The number of amides is 1. The number of hydrogen-bond donors (Lipinski definition) is 3. The van der Waals surface area contributed by atoms with Crippen LogP contribution in [0, 0.1) is 0 Å². The zero-order valence-corrected chi connectivity index (χ0v) is 12.8. The molecule has 3 N–H and O–H groups in total. The zero-order chi connectivity index (χ0) is 16.9. The number of nitrogens with zero attached hydrogens (tertiary/aromatic N) is 2. The summed E-state index contributed by atoms with van der Waals surface area (Å²) in [6.45, 7) is 1.28. The molecule has 1 amide bonds. The third-order valence-corrected chi connectivity index (χ3v) is 4.26. The van der Waals surface area contributed by atoms with E-state index in [4.69, 9.17) is 5.11 Å². The molecule has 23 heavy (non-hydrogen) atoms. The number of aromatic hydroxyl groups is 1. The van der Waals surface area contributed by atoms with E-state index in [0.717, 1.165) is 30.5 Å². The van der Waals surface area contributed by atoms with E-state index < -0.39 is 34.8 Å². The largest absolute Gasteiger partial charge is 0.505 e. The Morgan fingerprint density at radius 3 is 2.70 bits per heavy atom. The second-order valence-corrected chi connectivity index (χ2v) is 5.75. The van der Waals surface area contributed by atoms with Gasteiger partial charge in [-0.25, -0.2) is 4.68 Å². The van der Waals surface area contributed by atoms with Gasteiger partial charge in [0.2, 0.25) is 0 Å². The van der Waals surface area contributed by atoms with Crippen LogP contribution in [0.5, 0.6) is 5.75 Å². The number of hydrogen-bond acceptors (Lipinski definition) is 4. The van der Waals surface area contributed by atoms with E-state index in [0.29, 0.717) is 5.52 Å². The van der Waals surface area contributed by atoms with Gasteiger partial charge >= 0.3 is 5.97 Å². The summed E-state index contributed by atoms with van der Waals surface area (Å²) in [4.78, 5) is 35.5. The van der Waals surface area contributed by atoms with Crippen LogP contribution in [0.4, 0.5) is 0 Å². The first-order valence-electron chi connectivity index (χ1n) is 7.32. The first kappa shape index (κ1) is 15.1. The van der Waals surface area contributed by atoms with E-state index in [2.05, 4.69) is 5.32 Å². The van der Waals surface area contributed by atoms with Gasteiger partial charge in [0.1, 0.15) is 17.1 Å². The van der Waals surface area contributed by atoms with Gasteiger partial charge in [0, 0.05) is 12.7 Å². The van der Waals surface area contributed by atoms with Crippen LogP contribution < -0.4 is 10.9 Å². The van der Waals surface area contributed by atoms with Gasteiger partial charge in [-0.2, -0.15) is 0 Å². The molecule has 1 aliphatic rings. The number of carboxylic acid groups (broad SMARTS) is 1. The molecule has 8 nitrogen and oxygen atoms in total. The fraction of sp³-hybridized carbons (Fsp3) is 0.400. The molecule has 2 aromatic rings. The highest BCUT2D eigenvalue weighted by atomic mass is 16.4. The summed E-state index contributed by atoms with van der Waals surface area (Å²) in [7, 11) is 1.52. The van der Waals surface area contributed by atoms with Crippen LogP contribution in [0.25, 0.3) is 5.52 Å². The molecular weight excluding hydrogens is 302 g/mol. The van der Waals surface area contributed by atoms with Crippen molar-refractivity contribution in [1.29, 1.82) is 0 Å². The third-order valence-electron chi connectivity index (χ3n) is 4.26. The highest BCUT2D eigenvalue weighted by Gasteiger charge is 2.27. The Balaban J connectivity index is 2.18. The number of carbonyl (C=O) groups is 2. The number of aryl methyl sites for hydroxylation is 3. The lowest BCUT2D eigenvalue weighted by Crippen LogP contribution is -2.42. The predicted molar refractivity (Wildman–Crippen MR) is 80.9 cm³/mol. The van der Waals surface area contributed by atoms with Gasteiger partial charge in [0.25, 0.3) is 11.5 Å². The maximum Gasteiger partial charge on any atom is 0.325 e. The first-order chi connectivity index (χ1) is 10.8. The normalized spacial score (nSPS) is 14.7. The average molecular weight is 319 g/mol. The Morgan fingerprint density at radius 1 is 1.35 bits per heavy atom. The number of aromatic nitrogens is 2. The Bertz CT molecular complexity index is 893. The van der Waals surface area contributed by atoms with Crippen LogP contribution in [0.1, 0.15) is 35.0 Å². The lowest BCUT2D eigenvalue weighted by atomic mass is 10.2. The molecule has 2 heterocycles. The zero-order valence-electron chi connectivity index (χ0n) is 12.8. The van der Waals surface area contributed by atoms with Crippen molar-refractivity contribution in [3.8, 4) is 5.75 Å². The molecule has 0 saturated carbocycles. The lowest BCUT2D eigenvalue weighted by molar-refractivity contribution is -0.138. The van der Waals surface area contributed by atoms with E-state index >= 15 is 0 Å². The molecular formula is C15H17N3O5. The van der Waals surface area contributed by atoms with E-state index in [9.17, 15) is 19.5 Å². The molecule has 0 fully saturated rings. The van der Waals surface area contributed by atoms with Gasteiger partial charge in [0.15, 0.2) is 5.75 Å². The molecule has 0 spiro atoms. The molecule has 1 atom stereocenters. The van der Waals surface area contributed by atoms with Crippen molar-refractivity contribution in [3.05, 3.63) is 33.2 Å². The van der Waals surface area contributed by atoms with E-state index in [1.165, 1.54) is 18.7 Å². The molecule has 8 heteroatoms. The Hall–Kier alpha value is -2.77. The van der Waals surface area contributed by atoms with Gasteiger partial charge in [-0.05, 0) is 37.8 Å². The number of aliphatic carboxylic acids is 1. The SMILES string of the molecule is C[C@H](NC(=O)c1c(O)c2cc3c(n2n(C)c1=O)CCC3)C(=O)O. The topological polar surface area (TPSA) is 113 Å². The summed E-state index contributed by atoms with van der Waals surface area (Å²) in [5.74, 6) is -2.54. The molecule has 0 saturated heterocycles. The van der Waals surface area contributed by atoms with Gasteiger partial charge in [-0.1, -0.05) is 0 Å². The highest BCUT2D eigenvalue weighted by Crippen LogP contribution is 2.30. The van der Waals surface area contributed by atoms with Crippen molar-refractivity contribution >= 4 is 17.4 Å². The lowest BCUT2D eigenvalue weighted by Gasteiger charge is -2.14. The number of carbonyl (C=O) groups excluding carboxylic acids is 1. The maximum atomic E-state index is 12.5. The maximum absolute atomic E-state index is 12.5. The van der Waals surface area contributed by atoms with Gasteiger partial charge < -0.3 is 15.5 Å². The monoisotopic (exact) mass is 319 g/mol. The quantitative estimate of drug-likeness (QED) is 0.739. The van der Waals surface area contributed by atoms with Crippen molar-refractivity contribution in [3.63, 3.8) is 0 Å². The molecule has 0 radical (unpaired) electrons. The van der Waals surface area contributed by atoms with Crippen LogP contribution in [0.15, 0.2) is 10.9 Å². The van der Waals surface area contributed by atoms with Gasteiger partial charge in [-0.3, -0.25) is 18.9 Å². The van der Waals surface area contributed by atoms with Crippen molar-refractivity contribution < 1.29 is 19.8 Å². The number of fused-ring (bicyclic) bond motifs is 3. The van der Waals surface area contributed by atoms with Crippen LogP contribution in [0.2, 0.25) is 0 Å². The van der Waals surface area contributed by atoms with Gasteiger partial charge in [0.05, 0.1) is 0 Å². The van der Waals surface area contributed by atoms with Crippen molar-refractivity contribution in [2.45, 2.75) is 32.2 Å². The second kappa shape index (κ2) is 5.15. The van der Waals surface area contributed by atoms with Crippen LogP contribution in [-0.4, -0.2) is 37.3 Å². The number of nitrogens with one attached hydrogen (secondary N) is 1. The Kier molecular flexibility index (Phi) is 3.39. The van der Waals surface area contributed by atoms with Crippen molar-refractivity contribution in [2.24, 2.45) is 7.05 Å².